The molecule has 0 N–H and O–H groups in total. The van der Waals surface area contributed by atoms with E-state index in [0.717, 1.165) is 58.4 Å². The zero-order valence-electron chi connectivity index (χ0n) is 13.2. The number of rotatable bonds is 2. The van der Waals surface area contributed by atoms with Gasteiger partial charge >= 0.3 is 0 Å². The summed E-state index contributed by atoms with van der Waals surface area (Å²) in [6.45, 7) is 3.91. The molecule has 124 valence electrons. The summed E-state index contributed by atoms with van der Waals surface area (Å²) in [6, 6.07) is 7.89. The van der Waals surface area contributed by atoms with E-state index >= 15 is 0 Å². The summed E-state index contributed by atoms with van der Waals surface area (Å²) in [4.78, 5) is 14.5. The van der Waals surface area contributed by atoms with Gasteiger partial charge in [-0.1, -0.05) is 23.7 Å². The predicted octanol–water partition coefficient (Wildman–Crippen LogP) is 4.42. The first-order valence-electron chi connectivity index (χ1n) is 7.76. The third kappa shape index (κ3) is 2.97. The van der Waals surface area contributed by atoms with E-state index in [4.69, 9.17) is 23.2 Å². The average molecular weight is 379 g/mol. The number of hydrogen-bond donors (Lipinski definition) is 0. The highest BCUT2D eigenvalue weighted by Gasteiger charge is 2.22. The molecule has 4 rings (SSSR count). The van der Waals surface area contributed by atoms with Crippen LogP contribution in [0.4, 0.5) is 5.82 Å². The van der Waals surface area contributed by atoms with Gasteiger partial charge in [-0.25, -0.2) is 4.98 Å². The molecule has 1 aliphatic rings. The Balaban J connectivity index is 1.86. The Morgan fingerprint density at radius 1 is 1.00 bits per heavy atom. The Bertz CT molecular complexity index is 870. The van der Waals surface area contributed by atoms with Gasteiger partial charge in [0.2, 0.25) is 5.28 Å². The molecule has 1 aromatic carbocycles. The molecular formula is C17H16Cl2N4S. The van der Waals surface area contributed by atoms with Crippen molar-refractivity contribution in [2.24, 2.45) is 0 Å². The third-order valence-corrected chi connectivity index (χ3v) is 5.64. The van der Waals surface area contributed by atoms with Crippen LogP contribution in [0, 0.1) is 0 Å². The standard InChI is InChI=1S/C17H16Cl2N4S/c1-22-6-8-23(9-7-22)15-14-13(11-2-4-12(18)5-3-11)10-24-16(14)21-17(19)20-15/h2-5,10H,6-9H2,1H3. The van der Waals surface area contributed by atoms with E-state index in [2.05, 4.69) is 32.2 Å². The lowest BCUT2D eigenvalue weighted by molar-refractivity contribution is 0.312. The Labute approximate surface area is 154 Å². The van der Waals surface area contributed by atoms with Gasteiger partial charge in [-0.2, -0.15) is 4.98 Å². The smallest absolute Gasteiger partial charge is 0.225 e. The summed E-state index contributed by atoms with van der Waals surface area (Å²) >= 11 is 13.8. The van der Waals surface area contributed by atoms with E-state index < -0.39 is 0 Å². The number of thiophene rings is 1. The first kappa shape index (κ1) is 16.1. The number of piperazine rings is 1. The number of halogens is 2. The predicted molar refractivity (Wildman–Crippen MR) is 103 cm³/mol. The van der Waals surface area contributed by atoms with Crippen LogP contribution in [0.3, 0.4) is 0 Å². The van der Waals surface area contributed by atoms with Crippen LogP contribution in [0.1, 0.15) is 0 Å². The van der Waals surface area contributed by atoms with Gasteiger partial charge in [0, 0.05) is 42.1 Å². The monoisotopic (exact) mass is 378 g/mol. The third-order valence-electron chi connectivity index (χ3n) is 4.35. The van der Waals surface area contributed by atoms with Gasteiger partial charge < -0.3 is 9.80 Å². The topological polar surface area (TPSA) is 32.3 Å². The Hall–Kier alpha value is -1.40. The second-order valence-corrected chi connectivity index (χ2v) is 7.58. The molecule has 0 amide bonds. The van der Waals surface area contributed by atoms with Crippen molar-refractivity contribution in [1.29, 1.82) is 0 Å². The van der Waals surface area contributed by atoms with Crippen molar-refractivity contribution in [1.82, 2.24) is 14.9 Å². The highest BCUT2D eigenvalue weighted by atomic mass is 35.5. The molecule has 0 saturated carbocycles. The second-order valence-electron chi connectivity index (χ2n) is 5.94. The minimum atomic E-state index is 0.306. The van der Waals surface area contributed by atoms with E-state index in [1.54, 1.807) is 11.3 Å². The maximum absolute atomic E-state index is 6.18. The van der Waals surface area contributed by atoms with E-state index in [0.29, 0.717) is 5.28 Å². The first-order valence-corrected chi connectivity index (χ1v) is 9.39. The lowest BCUT2D eigenvalue weighted by Gasteiger charge is -2.33. The molecule has 24 heavy (non-hydrogen) atoms. The number of anilines is 1. The zero-order valence-corrected chi connectivity index (χ0v) is 15.5. The van der Waals surface area contributed by atoms with Gasteiger partial charge in [0.05, 0.1) is 5.39 Å². The zero-order chi connectivity index (χ0) is 16.7. The van der Waals surface area contributed by atoms with E-state index in [9.17, 15) is 0 Å². The first-order chi connectivity index (χ1) is 11.6. The fraction of sp³-hybridized carbons (Fsp3) is 0.294. The molecule has 3 aromatic rings. The molecule has 0 aliphatic carbocycles. The molecule has 1 saturated heterocycles. The van der Waals surface area contributed by atoms with Crippen LogP contribution in [-0.2, 0) is 0 Å². The van der Waals surface area contributed by atoms with Crippen LogP contribution in [-0.4, -0.2) is 48.1 Å². The molecule has 0 bridgehead atoms. The van der Waals surface area contributed by atoms with E-state index in [-0.39, 0.29) is 0 Å². The number of aromatic nitrogens is 2. The van der Waals surface area contributed by atoms with Gasteiger partial charge in [0.1, 0.15) is 10.6 Å². The lowest BCUT2D eigenvalue weighted by Crippen LogP contribution is -2.44. The largest absolute Gasteiger partial charge is 0.353 e. The molecule has 3 heterocycles. The fourth-order valence-corrected chi connectivity index (χ4v) is 4.27. The Kier molecular flexibility index (Phi) is 4.35. The summed E-state index contributed by atoms with van der Waals surface area (Å²) in [5.41, 5.74) is 2.25. The number of hydrogen-bond acceptors (Lipinski definition) is 5. The minimum Gasteiger partial charge on any atom is -0.353 e. The molecule has 0 radical (unpaired) electrons. The van der Waals surface area contributed by atoms with Gasteiger partial charge in [-0.15, -0.1) is 11.3 Å². The van der Waals surface area contributed by atoms with Crippen LogP contribution >= 0.6 is 34.5 Å². The maximum Gasteiger partial charge on any atom is 0.225 e. The normalized spacial score (nSPS) is 16.0. The number of benzene rings is 1. The quantitative estimate of drug-likeness (QED) is 0.617. The van der Waals surface area contributed by atoms with Gasteiger partial charge in [-0.3, -0.25) is 0 Å². The van der Waals surface area contributed by atoms with Crippen LogP contribution in [0.15, 0.2) is 29.6 Å². The molecule has 1 fully saturated rings. The van der Waals surface area contributed by atoms with Gasteiger partial charge in [0.25, 0.3) is 0 Å². The summed E-state index contributed by atoms with van der Waals surface area (Å²) in [7, 11) is 2.14. The second kappa shape index (κ2) is 6.48. The van der Waals surface area contributed by atoms with E-state index in [1.165, 1.54) is 0 Å². The number of likely N-dealkylation sites (N-methyl/N-ethyl adjacent to an activating group) is 1. The summed E-state index contributed by atoms with van der Waals surface area (Å²) in [5, 5.41) is 4.24. The summed E-state index contributed by atoms with van der Waals surface area (Å²) < 4.78 is 0. The Morgan fingerprint density at radius 3 is 2.42 bits per heavy atom. The fourth-order valence-electron chi connectivity index (χ4n) is 2.99. The molecular weight excluding hydrogens is 363 g/mol. The van der Waals surface area contributed by atoms with Gasteiger partial charge in [-0.05, 0) is 36.3 Å². The molecule has 4 nitrogen and oxygen atoms in total. The van der Waals surface area contributed by atoms with Crippen LogP contribution < -0.4 is 4.90 Å². The lowest BCUT2D eigenvalue weighted by atomic mass is 10.1. The van der Waals surface area contributed by atoms with Crippen molar-refractivity contribution in [3.8, 4) is 11.1 Å². The van der Waals surface area contributed by atoms with Crippen LogP contribution in [0.2, 0.25) is 10.3 Å². The van der Waals surface area contributed by atoms with Crippen molar-refractivity contribution in [2.45, 2.75) is 0 Å². The SMILES string of the molecule is CN1CCN(c2nc(Cl)nc3scc(-c4ccc(Cl)cc4)c23)CC1. The maximum atomic E-state index is 6.18. The minimum absolute atomic E-state index is 0.306. The molecule has 0 spiro atoms. The highest BCUT2D eigenvalue weighted by molar-refractivity contribution is 7.17. The van der Waals surface area contributed by atoms with Crippen LogP contribution in [0.5, 0.6) is 0 Å². The van der Waals surface area contributed by atoms with Crippen molar-refractivity contribution < 1.29 is 0 Å². The van der Waals surface area contributed by atoms with Crippen LogP contribution in [0.25, 0.3) is 21.3 Å². The summed E-state index contributed by atoms with van der Waals surface area (Å²) in [5.74, 6) is 0.935. The van der Waals surface area contributed by atoms with E-state index in [1.807, 2.05) is 24.3 Å². The van der Waals surface area contributed by atoms with Crippen molar-refractivity contribution in [3.05, 3.63) is 40.0 Å². The highest BCUT2D eigenvalue weighted by Crippen LogP contribution is 2.39. The number of fused-ring (bicyclic) bond motifs is 1. The molecule has 1 aliphatic heterocycles. The number of nitrogens with zero attached hydrogens (tertiary/aromatic N) is 4. The average Bonchev–Trinajstić information content (AvgIpc) is 2.99. The van der Waals surface area contributed by atoms with Crippen molar-refractivity contribution >= 4 is 50.6 Å². The Morgan fingerprint density at radius 2 is 1.71 bits per heavy atom. The molecule has 7 heteroatoms. The summed E-state index contributed by atoms with van der Waals surface area (Å²) in [6.07, 6.45) is 0. The van der Waals surface area contributed by atoms with Crippen molar-refractivity contribution in [3.63, 3.8) is 0 Å². The van der Waals surface area contributed by atoms with Crippen molar-refractivity contribution in [2.75, 3.05) is 38.1 Å². The molecule has 0 atom stereocenters. The molecule has 0 unspecified atom stereocenters. The van der Waals surface area contributed by atoms with Gasteiger partial charge in [0.15, 0.2) is 0 Å². The molecule has 2 aromatic heterocycles.